The van der Waals surface area contributed by atoms with Gasteiger partial charge in [0.2, 0.25) is 0 Å². The number of carboxylic acids is 1. The maximum Gasteiger partial charge on any atom is 0.352 e. The molecule has 0 amide bonds. The van der Waals surface area contributed by atoms with Crippen molar-refractivity contribution in [1.29, 1.82) is 0 Å². The molecule has 1 fully saturated rings. The van der Waals surface area contributed by atoms with Crippen molar-refractivity contribution in [3.8, 4) is 16.9 Å². The van der Waals surface area contributed by atoms with Gasteiger partial charge in [0, 0.05) is 68.1 Å². The SMILES string of the molecule is CN1CCCn2c(C(=O)O)c(CCCOc3cccc4ccccc34)c3cccc(c32)-c2c(CCN3CCOCC3)nn(C)c2C1. The van der Waals surface area contributed by atoms with Crippen LogP contribution in [0.1, 0.15) is 40.3 Å². The molecule has 0 saturated carbocycles. The van der Waals surface area contributed by atoms with Crippen molar-refractivity contribution in [1.82, 2.24) is 24.1 Å². The summed E-state index contributed by atoms with van der Waals surface area (Å²) in [5.41, 5.74) is 6.76. The highest BCUT2D eigenvalue weighted by Gasteiger charge is 2.28. The molecule has 1 N–H and O–H groups in total. The van der Waals surface area contributed by atoms with Crippen LogP contribution in [-0.2, 0) is 37.7 Å². The van der Waals surface area contributed by atoms with Gasteiger partial charge in [-0.1, -0.05) is 54.6 Å². The lowest BCUT2D eigenvalue weighted by molar-refractivity contribution is 0.0383. The molecule has 46 heavy (non-hydrogen) atoms. The Bertz CT molecular complexity index is 1860. The van der Waals surface area contributed by atoms with E-state index in [2.05, 4.69) is 57.8 Å². The largest absolute Gasteiger partial charge is 0.493 e. The number of aromatic carboxylic acids is 1. The standard InChI is InChI=1S/C37H43N5O4/c1-39-17-8-18-42-35-28(29(36(42)37(43)44)14-7-22-46-33-15-5-10-26-9-3-4-11-27(26)33)12-6-13-30(35)34-31(38-40(2)32(34)25-39)16-19-41-20-23-45-24-21-41/h3-6,9-13,15H,7-8,14,16-25H2,1-2H3,(H,43,44). The molecule has 2 aliphatic rings. The van der Waals surface area contributed by atoms with Gasteiger partial charge in [0.1, 0.15) is 11.4 Å². The fourth-order valence-corrected chi connectivity index (χ4v) is 7.36. The molecule has 1 saturated heterocycles. The summed E-state index contributed by atoms with van der Waals surface area (Å²) in [6.45, 7) is 7.13. The molecule has 5 aromatic rings. The van der Waals surface area contributed by atoms with Gasteiger partial charge in [0.05, 0.1) is 36.7 Å². The Morgan fingerprint density at radius 2 is 1.72 bits per heavy atom. The first kappa shape index (κ1) is 30.5. The van der Waals surface area contributed by atoms with Gasteiger partial charge >= 0.3 is 5.97 Å². The molecule has 0 radical (unpaired) electrons. The predicted octanol–water partition coefficient (Wildman–Crippen LogP) is 5.62. The first-order valence-corrected chi connectivity index (χ1v) is 16.5. The van der Waals surface area contributed by atoms with Crippen molar-refractivity contribution in [2.24, 2.45) is 7.05 Å². The predicted molar refractivity (Wildman–Crippen MR) is 181 cm³/mol. The van der Waals surface area contributed by atoms with Crippen molar-refractivity contribution in [2.45, 2.75) is 38.8 Å². The number of benzene rings is 3. The molecule has 4 heterocycles. The number of aromatic nitrogens is 3. The number of para-hydroxylation sites is 1. The number of rotatable bonds is 9. The maximum atomic E-state index is 13.0. The van der Waals surface area contributed by atoms with Crippen molar-refractivity contribution >= 4 is 27.6 Å². The van der Waals surface area contributed by atoms with Crippen LogP contribution in [0.15, 0.2) is 60.7 Å². The lowest BCUT2D eigenvalue weighted by Crippen LogP contribution is -2.37. The van der Waals surface area contributed by atoms with Gasteiger partial charge in [-0.2, -0.15) is 5.10 Å². The Labute approximate surface area is 269 Å². The van der Waals surface area contributed by atoms with Crippen molar-refractivity contribution in [3.05, 3.63) is 83.3 Å². The van der Waals surface area contributed by atoms with E-state index < -0.39 is 5.97 Å². The monoisotopic (exact) mass is 621 g/mol. The number of hydrogen-bond acceptors (Lipinski definition) is 6. The van der Waals surface area contributed by atoms with Crippen LogP contribution in [0.5, 0.6) is 5.75 Å². The van der Waals surface area contributed by atoms with Gasteiger partial charge in [-0.3, -0.25) is 9.58 Å². The molecular weight excluding hydrogens is 578 g/mol. The number of fused-ring (bicyclic) bond motifs is 3. The van der Waals surface area contributed by atoms with E-state index in [1.165, 1.54) is 5.69 Å². The molecule has 0 bridgehead atoms. The summed E-state index contributed by atoms with van der Waals surface area (Å²) in [7, 11) is 4.18. The van der Waals surface area contributed by atoms with Crippen LogP contribution >= 0.6 is 0 Å². The van der Waals surface area contributed by atoms with E-state index in [1.54, 1.807) is 0 Å². The molecule has 9 heteroatoms. The fraction of sp³-hybridized carbons (Fsp3) is 0.405. The van der Waals surface area contributed by atoms with Gasteiger partial charge in [-0.15, -0.1) is 0 Å². The zero-order valence-corrected chi connectivity index (χ0v) is 26.9. The molecule has 9 nitrogen and oxygen atoms in total. The van der Waals surface area contributed by atoms with E-state index in [4.69, 9.17) is 14.6 Å². The van der Waals surface area contributed by atoms with Crippen LogP contribution in [0.4, 0.5) is 0 Å². The lowest BCUT2D eigenvalue weighted by Gasteiger charge is -2.26. The molecule has 7 rings (SSSR count). The number of ether oxygens (including phenoxy) is 2. The minimum absolute atomic E-state index is 0.399. The summed E-state index contributed by atoms with van der Waals surface area (Å²) >= 11 is 0. The third-order valence-corrected chi connectivity index (χ3v) is 9.59. The Morgan fingerprint density at radius 3 is 2.57 bits per heavy atom. The summed E-state index contributed by atoms with van der Waals surface area (Å²) in [6, 6.07) is 20.7. The lowest BCUT2D eigenvalue weighted by atomic mass is 9.96. The van der Waals surface area contributed by atoms with Crippen molar-refractivity contribution in [2.75, 3.05) is 53.0 Å². The van der Waals surface area contributed by atoms with Crippen LogP contribution in [-0.4, -0.2) is 88.3 Å². The summed E-state index contributed by atoms with van der Waals surface area (Å²) in [5, 5.41) is 19.0. The van der Waals surface area contributed by atoms with Crippen LogP contribution in [0, 0.1) is 0 Å². The van der Waals surface area contributed by atoms with Gasteiger partial charge in [-0.25, -0.2) is 4.79 Å². The molecular formula is C37H43N5O4. The maximum absolute atomic E-state index is 13.0. The third-order valence-electron chi connectivity index (χ3n) is 9.59. The van der Waals surface area contributed by atoms with Gasteiger partial charge < -0.3 is 24.0 Å². The minimum Gasteiger partial charge on any atom is -0.493 e. The van der Waals surface area contributed by atoms with E-state index >= 15 is 0 Å². The Morgan fingerprint density at radius 1 is 0.935 bits per heavy atom. The van der Waals surface area contributed by atoms with Crippen molar-refractivity contribution < 1.29 is 19.4 Å². The summed E-state index contributed by atoms with van der Waals surface area (Å²) in [6.07, 6.45) is 3.01. The summed E-state index contributed by atoms with van der Waals surface area (Å²) in [4.78, 5) is 17.8. The quantitative estimate of drug-likeness (QED) is 0.214. The third kappa shape index (κ3) is 5.90. The summed E-state index contributed by atoms with van der Waals surface area (Å²) in [5.74, 6) is -0.0195. The number of hydrogen-bond donors (Lipinski definition) is 1. The summed E-state index contributed by atoms with van der Waals surface area (Å²) < 4.78 is 16.0. The van der Waals surface area contributed by atoms with E-state index in [0.717, 1.165) is 109 Å². The van der Waals surface area contributed by atoms with E-state index in [1.807, 2.05) is 36.0 Å². The first-order chi connectivity index (χ1) is 22.5. The number of nitrogens with zero attached hydrogens (tertiary/aromatic N) is 5. The second kappa shape index (κ2) is 13.3. The molecule has 0 spiro atoms. The molecule has 240 valence electrons. The number of carbonyl (C=O) groups is 1. The highest BCUT2D eigenvalue weighted by atomic mass is 16.5. The van der Waals surface area contributed by atoms with Gasteiger partial charge in [0.15, 0.2) is 0 Å². The average molecular weight is 622 g/mol. The zero-order chi connectivity index (χ0) is 31.6. The normalized spacial score (nSPS) is 16.1. The molecule has 2 aromatic heterocycles. The minimum atomic E-state index is -0.878. The second-order valence-electron chi connectivity index (χ2n) is 12.6. The molecule has 3 aromatic carbocycles. The van der Waals surface area contributed by atoms with Crippen LogP contribution in [0.2, 0.25) is 0 Å². The van der Waals surface area contributed by atoms with Crippen LogP contribution in [0.3, 0.4) is 0 Å². The molecule has 0 unspecified atom stereocenters. The van der Waals surface area contributed by atoms with Crippen LogP contribution < -0.4 is 4.74 Å². The number of carboxylic acid groups (broad SMARTS) is 1. The molecule has 2 aliphatic heterocycles. The number of aryl methyl sites for hydroxylation is 3. The van der Waals surface area contributed by atoms with Crippen molar-refractivity contribution in [3.63, 3.8) is 0 Å². The van der Waals surface area contributed by atoms with Crippen LogP contribution in [0.25, 0.3) is 32.8 Å². The van der Waals surface area contributed by atoms with Gasteiger partial charge in [-0.05, 0) is 49.9 Å². The zero-order valence-electron chi connectivity index (χ0n) is 26.9. The Hall–Kier alpha value is -4.18. The molecule has 0 atom stereocenters. The van der Waals surface area contributed by atoms with E-state index in [9.17, 15) is 9.90 Å². The fourth-order valence-electron chi connectivity index (χ4n) is 7.36. The highest BCUT2D eigenvalue weighted by molar-refractivity contribution is 6.04. The van der Waals surface area contributed by atoms with E-state index in [0.29, 0.717) is 31.7 Å². The average Bonchev–Trinajstić information content (AvgIpc) is 3.56. The smallest absolute Gasteiger partial charge is 0.352 e. The molecule has 0 aliphatic carbocycles. The second-order valence-corrected chi connectivity index (χ2v) is 12.6. The Kier molecular flexibility index (Phi) is 8.80. The number of morpholine rings is 1. The van der Waals surface area contributed by atoms with E-state index in [-0.39, 0.29) is 0 Å². The van der Waals surface area contributed by atoms with Gasteiger partial charge in [0.25, 0.3) is 0 Å². The first-order valence-electron chi connectivity index (χ1n) is 16.5. The Balaban J connectivity index is 1.26. The topological polar surface area (TPSA) is 85.0 Å². The highest BCUT2D eigenvalue weighted by Crippen LogP contribution is 2.39.